The van der Waals surface area contributed by atoms with E-state index in [0.717, 1.165) is 11.3 Å². The average Bonchev–Trinajstić information content (AvgIpc) is 2.60. The summed E-state index contributed by atoms with van der Waals surface area (Å²) in [5, 5.41) is 9.22. The fourth-order valence-electron chi connectivity index (χ4n) is 2.25. The number of allylic oxidation sites excluding steroid dienone is 1. The predicted molar refractivity (Wildman–Crippen MR) is 96.3 cm³/mol. The third kappa shape index (κ3) is 4.90. The van der Waals surface area contributed by atoms with Gasteiger partial charge in [0.15, 0.2) is 11.5 Å². The molecule has 0 heterocycles. The number of methoxy groups -OCH3 is 1. The van der Waals surface area contributed by atoms with E-state index in [1.54, 1.807) is 0 Å². The van der Waals surface area contributed by atoms with Crippen molar-refractivity contribution in [1.82, 2.24) is 0 Å². The Bertz CT molecular complexity index is 757. The van der Waals surface area contributed by atoms with Crippen LogP contribution in [0.25, 0.3) is 0 Å². The van der Waals surface area contributed by atoms with Gasteiger partial charge in [-0.1, -0.05) is 35.9 Å². The van der Waals surface area contributed by atoms with Crippen molar-refractivity contribution in [2.45, 2.75) is 6.42 Å². The molecule has 2 aromatic rings. The average molecular weight is 363 g/mol. The highest BCUT2D eigenvalue weighted by atomic mass is 35.5. The van der Waals surface area contributed by atoms with Crippen LogP contribution in [0.15, 0.2) is 49.1 Å². The van der Waals surface area contributed by atoms with Gasteiger partial charge in [0.2, 0.25) is 0 Å². The van der Waals surface area contributed by atoms with Crippen LogP contribution in [0.4, 0.5) is 0 Å². The van der Waals surface area contributed by atoms with Crippen molar-refractivity contribution in [1.29, 1.82) is 0 Å². The SMILES string of the molecule is C=CCc1ccccc1OCCOc1c(Cl)cc(C(=O)O)cc1OC. The van der Waals surface area contributed by atoms with E-state index in [2.05, 4.69) is 6.58 Å². The molecule has 0 radical (unpaired) electrons. The molecule has 0 fully saturated rings. The minimum Gasteiger partial charge on any atom is -0.493 e. The number of carbonyl (C=O) groups is 1. The summed E-state index contributed by atoms with van der Waals surface area (Å²) in [4.78, 5) is 11.1. The Morgan fingerprint density at radius 2 is 1.92 bits per heavy atom. The Hall–Kier alpha value is -2.66. The Labute approximate surface area is 151 Å². The molecule has 0 aliphatic heterocycles. The molecule has 0 saturated heterocycles. The molecule has 0 unspecified atom stereocenters. The number of rotatable bonds is 9. The maximum Gasteiger partial charge on any atom is 0.335 e. The fourth-order valence-corrected chi connectivity index (χ4v) is 2.51. The molecule has 0 saturated carbocycles. The lowest BCUT2D eigenvalue weighted by atomic mass is 10.1. The van der Waals surface area contributed by atoms with Crippen molar-refractivity contribution < 1.29 is 24.1 Å². The first-order chi connectivity index (χ1) is 12.1. The first-order valence-corrected chi connectivity index (χ1v) is 7.99. The van der Waals surface area contributed by atoms with Gasteiger partial charge in [0.1, 0.15) is 19.0 Å². The van der Waals surface area contributed by atoms with Gasteiger partial charge < -0.3 is 19.3 Å². The van der Waals surface area contributed by atoms with Gasteiger partial charge in [-0.2, -0.15) is 0 Å². The van der Waals surface area contributed by atoms with Gasteiger partial charge in [-0.05, 0) is 30.2 Å². The number of hydrogen-bond donors (Lipinski definition) is 1. The molecule has 0 aliphatic rings. The summed E-state index contributed by atoms with van der Waals surface area (Å²) in [7, 11) is 1.42. The number of carboxylic acids is 1. The second kappa shape index (κ2) is 8.99. The second-order valence-electron chi connectivity index (χ2n) is 5.09. The maximum atomic E-state index is 11.1. The van der Waals surface area contributed by atoms with Crippen LogP contribution in [0.2, 0.25) is 5.02 Å². The zero-order valence-corrected chi connectivity index (χ0v) is 14.6. The summed E-state index contributed by atoms with van der Waals surface area (Å²) < 4.78 is 16.5. The molecule has 0 aromatic heterocycles. The fraction of sp³-hybridized carbons (Fsp3) is 0.211. The Balaban J connectivity index is 2.00. The van der Waals surface area contributed by atoms with Crippen LogP contribution in [-0.2, 0) is 6.42 Å². The van der Waals surface area contributed by atoms with Gasteiger partial charge in [0.05, 0.1) is 17.7 Å². The first-order valence-electron chi connectivity index (χ1n) is 7.62. The van der Waals surface area contributed by atoms with Crippen LogP contribution in [0, 0.1) is 0 Å². The van der Waals surface area contributed by atoms with E-state index >= 15 is 0 Å². The summed E-state index contributed by atoms with van der Waals surface area (Å²) >= 11 is 6.10. The van der Waals surface area contributed by atoms with Crippen LogP contribution < -0.4 is 14.2 Å². The minimum atomic E-state index is -1.09. The number of halogens is 1. The van der Waals surface area contributed by atoms with E-state index in [4.69, 9.17) is 30.9 Å². The molecule has 0 bridgehead atoms. The summed E-state index contributed by atoms with van der Waals surface area (Å²) in [6.45, 7) is 4.26. The Morgan fingerprint density at radius 3 is 2.60 bits per heavy atom. The molecule has 5 nitrogen and oxygen atoms in total. The number of para-hydroxylation sites is 1. The largest absolute Gasteiger partial charge is 0.493 e. The number of hydrogen-bond acceptors (Lipinski definition) is 4. The lowest BCUT2D eigenvalue weighted by Crippen LogP contribution is -2.11. The molecule has 6 heteroatoms. The zero-order valence-electron chi connectivity index (χ0n) is 13.8. The standard InChI is InChI=1S/C19H19ClO5/c1-3-6-13-7-4-5-8-16(13)24-9-10-25-18-15(20)11-14(19(21)22)12-17(18)23-2/h3-5,7-8,11-12H,1,6,9-10H2,2H3,(H,21,22). The van der Waals surface area contributed by atoms with Gasteiger partial charge in [-0.25, -0.2) is 4.79 Å². The number of ether oxygens (including phenoxy) is 3. The van der Waals surface area contributed by atoms with Gasteiger partial charge in [0.25, 0.3) is 0 Å². The molecule has 0 atom stereocenters. The summed E-state index contributed by atoms with van der Waals surface area (Å²) in [6, 6.07) is 10.4. The van der Waals surface area contributed by atoms with Crippen LogP contribution in [0.3, 0.4) is 0 Å². The normalized spacial score (nSPS) is 10.2. The van der Waals surface area contributed by atoms with Gasteiger partial charge >= 0.3 is 5.97 Å². The summed E-state index contributed by atoms with van der Waals surface area (Å²) in [6.07, 6.45) is 2.53. The number of aromatic carboxylic acids is 1. The van der Waals surface area contributed by atoms with Crippen LogP contribution in [0.5, 0.6) is 17.2 Å². The van der Waals surface area contributed by atoms with Crippen molar-refractivity contribution in [3.8, 4) is 17.2 Å². The molecule has 0 aliphatic carbocycles. The quantitative estimate of drug-likeness (QED) is 0.534. The molecule has 25 heavy (non-hydrogen) atoms. The highest BCUT2D eigenvalue weighted by molar-refractivity contribution is 6.32. The highest BCUT2D eigenvalue weighted by Gasteiger charge is 2.15. The van der Waals surface area contributed by atoms with Crippen LogP contribution >= 0.6 is 11.6 Å². The Morgan fingerprint density at radius 1 is 1.20 bits per heavy atom. The van der Waals surface area contributed by atoms with Crippen molar-refractivity contribution in [3.63, 3.8) is 0 Å². The zero-order chi connectivity index (χ0) is 18.2. The molecule has 0 amide bonds. The number of carboxylic acid groups (broad SMARTS) is 1. The van der Waals surface area contributed by atoms with E-state index in [1.807, 2.05) is 30.3 Å². The molecule has 1 N–H and O–H groups in total. The molecular weight excluding hydrogens is 344 g/mol. The molecular formula is C19H19ClO5. The highest BCUT2D eigenvalue weighted by Crippen LogP contribution is 2.36. The lowest BCUT2D eigenvalue weighted by molar-refractivity contribution is 0.0696. The van der Waals surface area contributed by atoms with E-state index in [-0.39, 0.29) is 28.7 Å². The van der Waals surface area contributed by atoms with Crippen molar-refractivity contribution in [2.24, 2.45) is 0 Å². The molecule has 2 rings (SSSR count). The predicted octanol–water partition coefficient (Wildman–Crippen LogP) is 4.23. The maximum absolute atomic E-state index is 11.1. The number of benzene rings is 2. The Kier molecular flexibility index (Phi) is 6.71. The van der Waals surface area contributed by atoms with Crippen LogP contribution in [0.1, 0.15) is 15.9 Å². The van der Waals surface area contributed by atoms with E-state index in [1.165, 1.54) is 19.2 Å². The monoisotopic (exact) mass is 362 g/mol. The van der Waals surface area contributed by atoms with Gasteiger partial charge in [-0.15, -0.1) is 6.58 Å². The third-order valence-corrected chi connectivity index (χ3v) is 3.68. The van der Waals surface area contributed by atoms with Crippen LogP contribution in [-0.4, -0.2) is 31.4 Å². The van der Waals surface area contributed by atoms with E-state index < -0.39 is 5.97 Å². The lowest BCUT2D eigenvalue weighted by Gasteiger charge is -2.14. The first kappa shape index (κ1) is 18.7. The topological polar surface area (TPSA) is 65.0 Å². The van der Waals surface area contributed by atoms with Gasteiger partial charge in [0, 0.05) is 0 Å². The van der Waals surface area contributed by atoms with Crippen molar-refractivity contribution >= 4 is 17.6 Å². The summed E-state index contributed by atoms with van der Waals surface area (Å²) in [5.41, 5.74) is 1.07. The van der Waals surface area contributed by atoms with E-state index in [9.17, 15) is 4.79 Å². The van der Waals surface area contributed by atoms with Crippen molar-refractivity contribution in [2.75, 3.05) is 20.3 Å². The van der Waals surface area contributed by atoms with Gasteiger partial charge in [-0.3, -0.25) is 0 Å². The smallest absolute Gasteiger partial charge is 0.335 e. The minimum absolute atomic E-state index is 0.0313. The second-order valence-corrected chi connectivity index (χ2v) is 5.50. The van der Waals surface area contributed by atoms with E-state index in [0.29, 0.717) is 13.0 Å². The summed E-state index contributed by atoms with van der Waals surface area (Å²) in [5.74, 6) is 0.230. The molecule has 0 spiro atoms. The molecule has 132 valence electrons. The molecule has 2 aromatic carbocycles. The third-order valence-electron chi connectivity index (χ3n) is 3.40. The van der Waals surface area contributed by atoms with Crippen molar-refractivity contribution in [3.05, 3.63) is 65.2 Å².